The summed E-state index contributed by atoms with van der Waals surface area (Å²) >= 11 is 5.82. The van der Waals surface area contributed by atoms with Crippen molar-refractivity contribution in [1.29, 1.82) is 0 Å². The summed E-state index contributed by atoms with van der Waals surface area (Å²) in [5, 5.41) is 3.41. The molecule has 0 atom stereocenters. The number of rotatable bonds is 5. The molecule has 0 spiro atoms. The fraction of sp³-hybridized carbons (Fsp3) is 0.250. The fourth-order valence-corrected chi connectivity index (χ4v) is 1.46. The Balaban J connectivity index is 2.37. The first-order valence-electron chi connectivity index (χ1n) is 5.08. The quantitative estimate of drug-likeness (QED) is 0.765. The van der Waals surface area contributed by atoms with Crippen LogP contribution < -0.4 is 11.1 Å². The number of benzene rings is 1. The highest BCUT2D eigenvalue weighted by Crippen LogP contribution is 2.10. The molecule has 0 saturated carbocycles. The number of hydrogen-bond acceptors (Lipinski definition) is 2. The van der Waals surface area contributed by atoms with Crippen molar-refractivity contribution in [1.82, 2.24) is 5.32 Å². The van der Waals surface area contributed by atoms with Crippen LogP contribution in [0.4, 0.5) is 0 Å². The molecule has 0 aromatic heterocycles. The summed E-state index contributed by atoms with van der Waals surface area (Å²) < 4.78 is 0. The van der Waals surface area contributed by atoms with Gasteiger partial charge in [0.15, 0.2) is 0 Å². The van der Waals surface area contributed by atoms with Crippen molar-refractivity contribution < 1.29 is 4.79 Å². The maximum absolute atomic E-state index is 11.5. The minimum atomic E-state index is -0.0241. The minimum absolute atomic E-state index is 0.0241. The standard InChI is InChI=1S/C12H15ClN2O/c13-11-5-3-4-10(8-11)9-12(16)15-7-2-1-6-14/h1-5,8H,6-7,9,14H2,(H,15,16)/b2-1+. The first-order valence-corrected chi connectivity index (χ1v) is 5.46. The van der Waals surface area contributed by atoms with E-state index >= 15 is 0 Å². The summed E-state index contributed by atoms with van der Waals surface area (Å²) in [7, 11) is 0. The van der Waals surface area contributed by atoms with Gasteiger partial charge in [-0.05, 0) is 17.7 Å². The summed E-state index contributed by atoms with van der Waals surface area (Å²) in [5.74, 6) is -0.0241. The van der Waals surface area contributed by atoms with Crippen LogP contribution >= 0.6 is 11.6 Å². The lowest BCUT2D eigenvalue weighted by atomic mass is 10.1. The molecular weight excluding hydrogens is 224 g/mol. The molecule has 0 heterocycles. The molecule has 4 heteroatoms. The number of hydrogen-bond donors (Lipinski definition) is 2. The number of carbonyl (C=O) groups is 1. The van der Waals surface area contributed by atoms with E-state index in [4.69, 9.17) is 17.3 Å². The SMILES string of the molecule is NC/C=C/CNC(=O)Cc1cccc(Cl)c1. The fourth-order valence-electron chi connectivity index (χ4n) is 1.25. The summed E-state index contributed by atoms with van der Waals surface area (Å²) in [6, 6.07) is 7.28. The molecule has 1 aromatic rings. The topological polar surface area (TPSA) is 55.1 Å². The van der Waals surface area contributed by atoms with Crippen LogP contribution in [0.3, 0.4) is 0 Å². The third-order valence-electron chi connectivity index (χ3n) is 1.97. The summed E-state index contributed by atoms with van der Waals surface area (Å²) in [5.41, 5.74) is 6.18. The van der Waals surface area contributed by atoms with Gasteiger partial charge in [0.1, 0.15) is 0 Å². The molecule has 1 aromatic carbocycles. The van der Waals surface area contributed by atoms with Gasteiger partial charge in [-0.2, -0.15) is 0 Å². The van der Waals surface area contributed by atoms with Crippen molar-refractivity contribution >= 4 is 17.5 Å². The average Bonchev–Trinajstić information content (AvgIpc) is 2.24. The first-order chi connectivity index (χ1) is 7.72. The zero-order chi connectivity index (χ0) is 11.8. The molecule has 0 unspecified atom stereocenters. The van der Waals surface area contributed by atoms with Crippen molar-refractivity contribution in [2.24, 2.45) is 5.73 Å². The summed E-state index contributed by atoms with van der Waals surface area (Å²) in [4.78, 5) is 11.5. The lowest BCUT2D eigenvalue weighted by Gasteiger charge is -2.02. The van der Waals surface area contributed by atoms with Crippen LogP contribution in [0.25, 0.3) is 0 Å². The zero-order valence-corrected chi connectivity index (χ0v) is 9.70. The van der Waals surface area contributed by atoms with E-state index in [0.717, 1.165) is 5.56 Å². The Kier molecular flexibility index (Phi) is 5.61. The molecule has 0 fully saturated rings. The zero-order valence-electron chi connectivity index (χ0n) is 8.95. The van der Waals surface area contributed by atoms with E-state index in [9.17, 15) is 4.79 Å². The highest BCUT2D eigenvalue weighted by molar-refractivity contribution is 6.30. The second-order valence-electron chi connectivity index (χ2n) is 3.32. The number of nitrogens with two attached hydrogens (primary N) is 1. The van der Waals surface area contributed by atoms with Crippen LogP contribution in [0.5, 0.6) is 0 Å². The van der Waals surface area contributed by atoms with Crippen molar-refractivity contribution in [2.45, 2.75) is 6.42 Å². The Labute approximate surface area is 100 Å². The maximum Gasteiger partial charge on any atom is 0.224 e. The molecular formula is C12H15ClN2O. The van der Waals surface area contributed by atoms with E-state index in [-0.39, 0.29) is 5.91 Å². The predicted octanol–water partition coefficient (Wildman–Crippen LogP) is 1.51. The van der Waals surface area contributed by atoms with Crippen molar-refractivity contribution in [3.8, 4) is 0 Å². The third-order valence-corrected chi connectivity index (χ3v) is 2.21. The molecule has 0 aliphatic rings. The Hall–Kier alpha value is -1.32. The van der Waals surface area contributed by atoms with Gasteiger partial charge in [-0.3, -0.25) is 4.79 Å². The monoisotopic (exact) mass is 238 g/mol. The second-order valence-corrected chi connectivity index (χ2v) is 3.75. The van der Waals surface area contributed by atoms with Gasteiger partial charge in [0.05, 0.1) is 6.42 Å². The van der Waals surface area contributed by atoms with E-state index in [1.165, 1.54) is 0 Å². The van der Waals surface area contributed by atoms with E-state index in [1.54, 1.807) is 18.2 Å². The van der Waals surface area contributed by atoms with E-state index in [2.05, 4.69) is 5.32 Å². The summed E-state index contributed by atoms with van der Waals surface area (Å²) in [6.07, 6.45) is 3.98. The molecule has 0 aliphatic heterocycles. The highest BCUT2D eigenvalue weighted by atomic mass is 35.5. The van der Waals surface area contributed by atoms with Gasteiger partial charge in [-0.15, -0.1) is 0 Å². The van der Waals surface area contributed by atoms with Crippen LogP contribution in [0.2, 0.25) is 5.02 Å². The van der Waals surface area contributed by atoms with Crippen LogP contribution in [-0.2, 0) is 11.2 Å². The molecule has 3 nitrogen and oxygen atoms in total. The van der Waals surface area contributed by atoms with Gasteiger partial charge in [0.25, 0.3) is 0 Å². The van der Waals surface area contributed by atoms with Gasteiger partial charge >= 0.3 is 0 Å². The normalized spacial score (nSPS) is 10.6. The van der Waals surface area contributed by atoms with Gasteiger partial charge in [-0.1, -0.05) is 35.9 Å². The molecule has 0 radical (unpaired) electrons. The van der Waals surface area contributed by atoms with Crippen LogP contribution in [-0.4, -0.2) is 19.0 Å². The summed E-state index contributed by atoms with van der Waals surface area (Å²) in [6.45, 7) is 1.00. The Morgan fingerprint density at radius 1 is 1.44 bits per heavy atom. The van der Waals surface area contributed by atoms with Gasteiger partial charge in [-0.25, -0.2) is 0 Å². The van der Waals surface area contributed by atoms with Crippen LogP contribution in [0.15, 0.2) is 36.4 Å². The molecule has 86 valence electrons. The smallest absolute Gasteiger partial charge is 0.224 e. The number of halogens is 1. The maximum atomic E-state index is 11.5. The number of amides is 1. The van der Waals surface area contributed by atoms with Gasteiger partial charge < -0.3 is 11.1 Å². The average molecular weight is 239 g/mol. The molecule has 1 amide bonds. The lowest BCUT2D eigenvalue weighted by Crippen LogP contribution is -2.25. The van der Waals surface area contributed by atoms with Gasteiger partial charge in [0.2, 0.25) is 5.91 Å². The molecule has 0 aliphatic carbocycles. The third kappa shape index (κ3) is 4.96. The lowest BCUT2D eigenvalue weighted by molar-refractivity contribution is -0.120. The Bertz CT molecular complexity index is 377. The highest BCUT2D eigenvalue weighted by Gasteiger charge is 2.01. The van der Waals surface area contributed by atoms with Crippen molar-refractivity contribution in [3.05, 3.63) is 47.0 Å². The van der Waals surface area contributed by atoms with Crippen LogP contribution in [0.1, 0.15) is 5.56 Å². The second kappa shape index (κ2) is 7.04. The molecule has 1 rings (SSSR count). The Morgan fingerprint density at radius 2 is 2.25 bits per heavy atom. The van der Waals surface area contributed by atoms with Crippen molar-refractivity contribution in [3.63, 3.8) is 0 Å². The molecule has 16 heavy (non-hydrogen) atoms. The largest absolute Gasteiger partial charge is 0.352 e. The van der Waals surface area contributed by atoms with E-state index in [0.29, 0.717) is 24.5 Å². The Morgan fingerprint density at radius 3 is 2.94 bits per heavy atom. The number of carbonyl (C=O) groups excluding carboxylic acids is 1. The van der Waals surface area contributed by atoms with Gasteiger partial charge in [0, 0.05) is 18.1 Å². The van der Waals surface area contributed by atoms with E-state index < -0.39 is 0 Å². The molecule has 3 N–H and O–H groups in total. The predicted molar refractivity (Wildman–Crippen MR) is 66.4 cm³/mol. The molecule has 0 saturated heterocycles. The first kappa shape index (κ1) is 12.7. The number of nitrogens with one attached hydrogen (secondary N) is 1. The van der Waals surface area contributed by atoms with Crippen molar-refractivity contribution in [2.75, 3.05) is 13.1 Å². The minimum Gasteiger partial charge on any atom is -0.352 e. The van der Waals surface area contributed by atoms with E-state index in [1.807, 2.05) is 18.2 Å². The van der Waals surface area contributed by atoms with Crippen LogP contribution in [0, 0.1) is 0 Å². The molecule has 0 bridgehead atoms.